The number of nitrogens with zero attached hydrogens (tertiary/aromatic N) is 3. The molecule has 1 aromatic heterocycles. The number of hydrogen-bond acceptors (Lipinski definition) is 3. The molecule has 0 radical (unpaired) electrons. The number of alkyl halides is 2. The molecule has 0 unspecified atom stereocenters. The standard InChI is InChI=1S/C24H25F3N4O/c1-16-2-4-17(5-3-16)23-21(14-31(29-23)20-8-6-18(25)7-9-20)24(32)28-19-10-12-30(13-11-19)15-22(26)27/h2-9,14,19,22H,10-13,15H2,1H3,(H,28,32). The van der Waals surface area contributed by atoms with Gasteiger partial charge < -0.3 is 5.32 Å². The summed E-state index contributed by atoms with van der Waals surface area (Å²) in [6, 6.07) is 13.5. The van der Waals surface area contributed by atoms with Gasteiger partial charge in [-0.05, 0) is 44.0 Å². The minimum absolute atomic E-state index is 0.0866. The maximum absolute atomic E-state index is 13.3. The summed E-state index contributed by atoms with van der Waals surface area (Å²) in [6.07, 6.45) is 0.522. The van der Waals surface area contributed by atoms with Crippen molar-refractivity contribution in [2.75, 3.05) is 19.6 Å². The highest BCUT2D eigenvalue weighted by Gasteiger charge is 2.25. The summed E-state index contributed by atoms with van der Waals surface area (Å²) >= 11 is 0. The Morgan fingerprint density at radius 3 is 2.38 bits per heavy atom. The lowest BCUT2D eigenvalue weighted by atomic mass is 10.0. The monoisotopic (exact) mass is 442 g/mol. The molecule has 2 aromatic carbocycles. The molecule has 1 N–H and O–H groups in total. The number of hydrogen-bond donors (Lipinski definition) is 1. The van der Waals surface area contributed by atoms with Crippen LogP contribution in [0.15, 0.2) is 54.7 Å². The molecule has 1 amide bonds. The summed E-state index contributed by atoms with van der Waals surface area (Å²) in [5.74, 6) is -0.614. The van der Waals surface area contributed by atoms with Crippen LogP contribution in [0.5, 0.6) is 0 Å². The summed E-state index contributed by atoms with van der Waals surface area (Å²) in [6.45, 7) is 2.79. The third-order valence-electron chi connectivity index (χ3n) is 5.69. The number of carbonyl (C=O) groups excluding carboxylic acids is 1. The Balaban J connectivity index is 1.57. The molecular formula is C24H25F3N4O. The van der Waals surface area contributed by atoms with Gasteiger partial charge in [-0.15, -0.1) is 0 Å². The van der Waals surface area contributed by atoms with E-state index in [4.69, 9.17) is 0 Å². The highest BCUT2D eigenvalue weighted by molar-refractivity contribution is 6.00. The second-order valence-corrected chi connectivity index (χ2v) is 8.12. The highest BCUT2D eigenvalue weighted by atomic mass is 19.3. The molecule has 3 aromatic rings. The fourth-order valence-electron chi connectivity index (χ4n) is 3.91. The molecule has 5 nitrogen and oxygen atoms in total. The number of rotatable bonds is 6. The van der Waals surface area contributed by atoms with Gasteiger partial charge in [0, 0.05) is 30.9 Å². The van der Waals surface area contributed by atoms with Gasteiger partial charge in [-0.2, -0.15) is 5.10 Å². The maximum atomic E-state index is 13.3. The van der Waals surface area contributed by atoms with Gasteiger partial charge in [0.2, 0.25) is 0 Å². The van der Waals surface area contributed by atoms with E-state index < -0.39 is 6.43 Å². The quantitative estimate of drug-likeness (QED) is 0.614. The summed E-state index contributed by atoms with van der Waals surface area (Å²) < 4.78 is 40.1. The molecule has 4 rings (SSSR count). The smallest absolute Gasteiger partial charge is 0.255 e. The predicted molar refractivity (Wildman–Crippen MR) is 117 cm³/mol. The predicted octanol–water partition coefficient (Wildman–Crippen LogP) is 4.45. The van der Waals surface area contributed by atoms with Crippen LogP contribution in [0.3, 0.4) is 0 Å². The van der Waals surface area contributed by atoms with Crippen molar-refractivity contribution in [3.63, 3.8) is 0 Å². The van der Waals surface area contributed by atoms with Crippen molar-refractivity contribution in [1.29, 1.82) is 0 Å². The van der Waals surface area contributed by atoms with Crippen molar-refractivity contribution in [1.82, 2.24) is 20.0 Å². The normalized spacial score (nSPS) is 15.3. The number of carbonyl (C=O) groups is 1. The van der Waals surface area contributed by atoms with E-state index in [0.29, 0.717) is 42.9 Å². The second-order valence-electron chi connectivity index (χ2n) is 8.12. The van der Waals surface area contributed by atoms with E-state index in [9.17, 15) is 18.0 Å². The number of aromatic nitrogens is 2. The molecule has 1 saturated heterocycles. The summed E-state index contributed by atoms with van der Waals surface area (Å²) in [5.41, 5.74) is 3.47. The molecule has 1 aliphatic rings. The van der Waals surface area contributed by atoms with Crippen molar-refractivity contribution in [3.05, 3.63) is 71.7 Å². The Morgan fingerprint density at radius 1 is 1.09 bits per heavy atom. The van der Waals surface area contributed by atoms with Crippen LogP contribution in [0.2, 0.25) is 0 Å². The van der Waals surface area contributed by atoms with E-state index in [-0.39, 0.29) is 24.3 Å². The van der Waals surface area contributed by atoms with Crippen LogP contribution in [-0.4, -0.2) is 52.7 Å². The van der Waals surface area contributed by atoms with E-state index in [0.717, 1.165) is 11.1 Å². The van der Waals surface area contributed by atoms with Crippen LogP contribution in [0.1, 0.15) is 28.8 Å². The topological polar surface area (TPSA) is 50.2 Å². The summed E-state index contributed by atoms with van der Waals surface area (Å²) in [5, 5.41) is 7.65. The van der Waals surface area contributed by atoms with Crippen molar-refractivity contribution >= 4 is 5.91 Å². The van der Waals surface area contributed by atoms with Crippen LogP contribution >= 0.6 is 0 Å². The Labute approximate surface area is 184 Å². The fourth-order valence-corrected chi connectivity index (χ4v) is 3.91. The molecule has 0 bridgehead atoms. The lowest BCUT2D eigenvalue weighted by molar-refractivity contribution is 0.0696. The number of likely N-dealkylation sites (tertiary alicyclic amines) is 1. The first-order valence-electron chi connectivity index (χ1n) is 10.6. The summed E-state index contributed by atoms with van der Waals surface area (Å²) in [4.78, 5) is 14.9. The number of nitrogens with one attached hydrogen (secondary N) is 1. The third kappa shape index (κ3) is 5.19. The molecule has 1 fully saturated rings. The molecule has 32 heavy (non-hydrogen) atoms. The van der Waals surface area contributed by atoms with Gasteiger partial charge in [0.25, 0.3) is 12.3 Å². The number of amides is 1. The zero-order valence-corrected chi connectivity index (χ0v) is 17.8. The number of halogens is 3. The zero-order chi connectivity index (χ0) is 22.7. The minimum atomic E-state index is -2.35. The minimum Gasteiger partial charge on any atom is -0.349 e. The van der Waals surface area contributed by atoms with Gasteiger partial charge in [0.05, 0.1) is 17.8 Å². The lowest BCUT2D eigenvalue weighted by Gasteiger charge is -2.32. The molecule has 168 valence electrons. The summed E-state index contributed by atoms with van der Waals surface area (Å²) in [7, 11) is 0. The molecule has 0 atom stereocenters. The van der Waals surface area contributed by atoms with E-state index >= 15 is 0 Å². The molecule has 0 spiro atoms. The van der Waals surface area contributed by atoms with Crippen LogP contribution in [0.25, 0.3) is 16.9 Å². The van der Waals surface area contributed by atoms with Gasteiger partial charge in [-0.1, -0.05) is 29.8 Å². The average Bonchev–Trinajstić information content (AvgIpc) is 3.21. The van der Waals surface area contributed by atoms with Gasteiger partial charge in [0.15, 0.2) is 0 Å². The first-order chi connectivity index (χ1) is 15.4. The van der Waals surface area contributed by atoms with Crippen molar-refractivity contribution in [3.8, 4) is 16.9 Å². The van der Waals surface area contributed by atoms with E-state index in [2.05, 4.69) is 10.4 Å². The Kier molecular flexibility index (Phi) is 6.60. The van der Waals surface area contributed by atoms with Gasteiger partial charge in [-0.3, -0.25) is 9.69 Å². The Bertz CT molecular complexity index is 1060. The molecule has 2 heterocycles. The number of aryl methyl sites for hydroxylation is 1. The van der Waals surface area contributed by atoms with Crippen molar-refractivity contribution < 1.29 is 18.0 Å². The number of benzene rings is 2. The van der Waals surface area contributed by atoms with E-state index in [1.54, 1.807) is 27.9 Å². The maximum Gasteiger partial charge on any atom is 0.255 e. The van der Waals surface area contributed by atoms with Gasteiger partial charge in [0.1, 0.15) is 11.5 Å². The fraction of sp³-hybridized carbons (Fsp3) is 0.333. The average molecular weight is 442 g/mol. The molecular weight excluding hydrogens is 417 g/mol. The Morgan fingerprint density at radius 2 is 1.75 bits per heavy atom. The first-order valence-corrected chi connectivity index (χ1v) is 10.6. The zero-order valence-electron chi connectivity index (χ0n) is 17.8. The first kappa shape index (κ1) is 22.1. The molecule has 8 heteroatoms. The van der Waals surface area contributed by atoms with Crippen LogP contribution in [0.4, 0.5) is 13.2 Å². The molecule has 0 aliphatic carbocycles. The van der Waals surface area contributed by atoms with Gasteiger partial charge in [-0.25, -0.2) is 17.9 Å². The van der Waals surface area contributed by atoms with Crippen molar-refractivity contribution in [2.45, 2.75) is 32.2 Å². The second kappa shape index (κ2) is 9.56. The third-order valence-corrected chi connectivity index (χ3v) is 5.69. The van der Waals surface area contributed by atoms with Crippen LogP contribution < -0.4 is 5.32 Å². The number of piperidine rings is 1. The Hall–Kier alpha value is -3.13. The van der Waals surface area contributed by atoms with Gasteiger partial charge >= 0.3 is 0 Å². The van der Waals surface area contributed by atoms with E-state index in [1.165, 1.54) is 12.1 Å². The lowest BCUT2D eigenvalue weighted by Crippen LogP contribution is -2.45. The SMILES string of the molecule is Cc1ccc(-c2nn(-c3ccc(F)cc3)cc2C(=O)NC2CCN(CC(F)F)CC2)cc1. The highest BCUT2D eigenvalue weighted by Crippen LogP contribution is 2.25. The molecule has 0 saturated carbocycles. The largest absolute Gasteiger partial charge is 0.349 e. The van der Waals surface area contributed by atoms with Crippen LogP contribution in [0, 0.1) is 12.7 Å². The molecule has 1 aliphatic heterocycles. The van der Waals surface area contributed by atoms with E-state index in [1.807, 2.05) is 31.2 Å². The van der Waals surface area contributed by atoms with Crippen molar-refractivity contribution in [2.24, 2.45) is 0 Å². The van der Waals surface area contributed by atoms with Crippen LogP contribution in [-0.2, 0) is 0 Å².